The van der Waals surface area contributed by atoms with E-state index in [0.717, 1.165) is 22.5 Å². The second-order valence-corrected chi connectivity index (χ2v) is 7.64. The predicted octanol–water partition coefficient (Wildman–Crippen LogP) is 2.86. The van der Waals surface area contributed by atoms with Gasteiger partial charge in [-0.1, -0.05) is 19.9 Å². The number of pyridine rings is 1. The molecule has 184 valence electrons. The van der Waals surface area contributed by atoms with Gasteiger partial charge in [0.1, 0.15) is 22.8 Å². The van der Waals surface area contributed by atoms with E-state index in [1.807, 2.05) is 43.0 Å². The van der Waals surface area contributed by atoms with E-state index in [4.69, 9.17) is 9.84 Å². The van der Waals surface area contributed by atoms with Crippen LogP contribution in [0.5, 0.6) is 5.75 Å². The van der Waals surface area contributed by atoms with Crippen LogP contribution in [-0.2, 0) is 13.6 Å². The van der Waals surface area contributed by atoms with Gasteiger partial charge < -0.3 is 25.4 Å². The summed E-state index contributed by atoms with van der Waals surface area (Å²) >= 11 is 0. The van der Waals surface area contributed by atoms with Crippen molar-refractivity contribution in [3.63, 3.8) is 0 Å². The number of aliphatic hydroxyl groups is 1. The van der Waals surface area contributed by atoms with Crippen molar-refractivity contribution in [3.8, 4) is 5.75 Å². The molecule has 3 N–H and O–H groups in total. The summed E-state index contributed by atoms with van der Waals surface area (Å²) in [7, 11) is 3.34. The van der Waals surface area contributed by atoms with Gasteiger partial charge in [-0.2, -0.15) is 10.1 Å². The quantitative estimate of drug-likeness (QED) is 0.384. The number of methoxy groups -OCH3 is 1. The molecular weight excluding hydrogens is 448 g/mol. The summed E-state index contributed by atoms with van der Waals surface area (Å²) in [5, 5.41) is 20.4. The van der Waals surface area contributed by atoms with Crippen LogP contribution in [0.25, 0.3) is 11.0 Å². The highest BCUT2D eigenvalue weighted by Gasteiger charge is 2.24. The summed E-state index contributed by atoms with van der Waals surface area (Å²) < 4.78 is 8.63. The molecule has 0 unspecified atom stereocenters. The Labute approximate surface area is 203 Å². The molecule has 3 aromatic heterocycles. The molecule has 35 heavy (non-hydrogen) atoms. The summed E-state index contributed by atoms with van der Waals surface area (Å²) in [6, 6.07) is 7.60. The molecule has 0 bridgehead atoms. The van der Waals surface area contributed by atoms with Crippen LogP contribution in [-0.4, -0.2) is 56.2 Å². The minimum Gasteiger partial charge on any atom is -0.495 e. The van der Waals surface area contributed by atoms with Gasteiger partial charge in [0.05, 0.1) is 37.8 Å². The van der Waals surface area contributed by atoms with Crippen molar-refractivity contribution in [2.24, 2.45) is 7.05 Å². The molecule has 4 aromatic rings. The van der Waals surface area contributed by atoms with Crippen LogP contribution in [0, 0.1) is 0 Å². The van der Waals surface area contributed by atoms with E-state index in [1.165, 1.54) is 4.57 Å². The Balaban J connectivity index is 0.00000141. The third-order valence-corrected chi connectivity index (χ3v) is 5.59. The fourth-order valence-corrected chi connectivity index (χ4v) is 4.02. The molecule has 11 nitrogen and oxygen atoms in total. The number of benzene rings is 1. The molecule has 0 radical (unpaired) electrons. The first-order chi connectivity index (χ1) is 17.1. The molecule has 1 aliphatic rings. The van der Waals surface area contributed by atoms with Gasteiger partial charge in [0.15, 0.2) is 0 Å². The van der Waals surface area contributed by atoms with Crippen molar-refractivity contribution < 1.29 is 9.84 Å². The maximum atomic E-state index is 13.3. The molecule has 11 heteroatoms. The highest BCUT2D eigenvalue weighted by molar-refractivity contribution is 5.86. The average molecular weight is 479 g/mol. The van der Waals surface area contributed by atoms with E-state index in [2.05, 4.69) is 25.7 Å². The van der Waals surface area contributed by atoms with Crippen LogP contribution in [0.3, 0.4) is 0 Å². The maximum Gasteiger partial charge on any atom is 0.275 e. The molecule has 0 saturated heterocycles. The number of aryl methyl sites for hydroxylation is 1. The van der Waals surface area contributed by atoms with Crippen molar-refractivity contribution in [3.05, 3.63) is 53.2 Å². The molecule has 0 aliphatic carbocycles. The van der Waals surface area contributed by atoms with Crippen molar-refractivity contribution >= 4 is 39.7 Å². The van der Waals surface area contributed by atoms with Gasteiger partial charge in [0.25, 0.3) is 5.56 Å². The standard InChI is InChI=1S/C22H24N8O3.C2H6/c1-28-20-14(11-24-22(27-20)26-15-12-25-29(13-15)8-9-31)10-17(21(28)32)30-7-6-23-19-16(30)4-3-5-18(19)33-2;1-2/h3-5,10-13,23,31H,6-9H2,1-2H3,(H,24,26,27);1-2H3. The lowest BCUT2D eigenvalue weighted by atomic mass is 10.1. The fraction of sp³-hybridized carbons (Fsp3) is 0.333. The van der Waals surface area contributed by atoms with Crippen LogP contribution >= 0.6 is 0 Å². The largest absolute Gasteiger partial charge is 0.495 e. The van der Waals surface area contributed by atoms with E-state index in [-0.39, 0.29) is 12.2 Å². The van der Waals surface area contributed by atoms with E-state index in [0.29, 0.717) is 42.6 Å². The smallest absolute Gasteiger partial charge is 0.275 e. The molecule has 0 saturated carbocycles. The molecule has 1 aliphatic heterocycles. The van der Waals surface area contributed by atoms with Crippen LogP contribution in [0.1, 0.15) is 13.8 Å². The molecule has 0 amide bonds. The normalized spacial score (nSPS) is 12.4. The number of hydrogen-bond donors (Lipinski definition) is 3. The van der Waals surface area contributed by atoms with Gasteiger partial charge in [-0.05, 0) is 18.2 Å². The second-order valence-electron chi connectivity index (χ2n) is 7.64. The summed E-state index contributed by atoms with van der Waals surface area (Å²) in [5.41, 5.74) is 3.36. The lowest BCUT2D eigenvalue weighted by molar-refractivity contribution is 0.269. The number of para-hydroxylation sites is 1. The van der Waals surface area contributed by atoms with Gasteiger partial charge >= 0.3 is 0 Å². The molecule has 0 fully saturated rings. The van der Waals surface area contributed by atoms with Gasteiger partial charge in [0, 0.05) is 37.9 Å². The van der Waals surface area contributed by atoms with Gasteiger partial charge in [-0.15, -0.1) is 0 Å². The SMILES string of the molecule is CC.COc1cccc2c1NCCN2c1cc2cnc(Nc3cnn(CCO)c3)nc2n(C)c1=O. The Kier molecular flexibility index (Phi) is 7.16. The molecule has 5 rings (SSSR count). The zero-order valence-electron chi connectivity index (χ0n) is 20.3. The number of hydrogen-bond acceptors (Lipinski definition) is 9. The topological polar surface area (TPSA) is 122 Å². The summed E-state index contributed by atoms with van der Waals surface area (Å²) in [4.78, 5) is 24.3. The van der Waals surface area contributed by atoms with Crippen LogP contribution in [0.4, 0.5) is 28.7 Å². The zero-order chi connectivity index (χ0) is 24.9. The molecule has 1 aromatic carbocycles. The highest BCUT2D eigenvalue weighted by atomic mass is 16.5. The lowest BCUT2D eigenvalue weighted by Gasteiger charge is -2.32. The minimum absolute atomic E-state index is 0.00236. The minimum atomic E-state index is -0.154. The van der Waals surface area contributed by atoms with E-state index in [9.17, 15) is 4.79 Å². The second kappa shape index (κ2) is 10.4. The predicted molar refractivity (Wildman–Crippen MR) is 137 cm³/mol. The summed E-state index contributed by atoms with van der Waals surface area (Å²) in [5.74, 6) is 1.09. The van der Waals surface area contributed by atoms with E-state index < -0.39 is 0 Å². The Hall–Kier alpha value is -4.12. The molecule has 4 heterocycles. The fourth-order valence-electron chi connectivity index (χ4n) is 4.02. The van der Waals surface area contributed by atoms with Gasteiger partial charge in [-0.25, -0.2) is 4.98 Å². The average Bonchev–Trinajstić information content (AvgIpc) is 3.34. The van der Waals surface area contributed by atoms with E-state index >= 15 is 0 Å². The van der Waals surface area contributed by atoms with Gasteiger partial charge in [-0.3, -0.25) is 14.0 Å². The van der Waals surface area contributed by atoms with Crippen molar-refractivity contribution in [1.82, 2.24) is 24.3 Å². The first-order valence-corrected chi connectivity index (χ1v) is 11.5. The Morgan fingerprint density at radius 3 is 2.83 bits per heavy atom. The molecule has 0 atom stereocenters. The van der Waals surface area contributed by atoms with Gasteiger partial charge in [0.2, 0.25) is 5.95 Å². The lowest BCUT2D eigenvalue weighted by Crippen LogP contribution is -2.35. The number of aliphatic hydroxyl groups excluding tert-OH is 1. The van der Waals surface area contributed by atoms with Crippen LogP contribution in [0.2, 0.25) is 0 Å². The van der Waals surface area contributed by atoms with Crippen LogP contribution in [0.15, 0.2) is 47.7 Å². The summed E-state index contributed by atoms with van der Waals surface area (Å²) in [6.07, 6.45) is 5.07. The number of rotatable bonds is 6. The van der Waals surface area contributed by atoms with Crippen molar-refractivity contribution in [2.75, 3.05) is 42.3 Å². The Morgan fingerprint density at radius 2 is 2.06 bits per heavy atom. The van der Waals surface area contributed by atoms with Crippen molar-refractivity contribution in [2.45, 2.75) is 20.4 Å². The maximum absolute atomic E-state index is 13.3. The van der Waals surface area contributed by atoms with E-state index in [1.54, 1.807) is 37.4 Å². The highest BCUT2D eigenvalue weighted by Crippen LogP contribution is 2.40. The monoisotopic (exact) mass is 478 g/mol. The number of fused-ring (bicyclic) bond motifs is 2. The number of anilines is 5. The molecule has 0 spiro atoms. The summed E-state index contributed by atoms with van der Waals surface area (Å²) in [6.45, 7) is 5.72. The number of nitrogens with one attached hydrogen (secondary N) is 2. The van der Waals surface area contributed by atoms with Crippen molar-refractivity contribution in [1.29, 1.82) is 0 Å². The number of ether oxygens (including phenoxy) is 1. The zero-order valence-corrected chi connectivity index (χ0v) is 20.3. The first-order valence-electron chi connectivity index (χ1n) is 11.5. The Bertz CT molecular complexity index is 1380. The third kappa shape index (κ3) is 4.62. The Morgan fingerprint density at radius 1 is 1.23 bits per heavy atom. The third-order valence-electron chi connectivity index (χ3n) is 5.59. The number of nitrogens with zero attached hydrogens (tertiary/aromatic N) is 6. The number of aromatic nitrogens is 5. The molecular formula is C24H30N8O3. The first kappa shape index (κ1) is 24.0. The van der Waals surface area contributed by atoms with Crippen LogP contribution < -0.4 is 25.8 Å².